The molecule has 0 atom stereocenters. The summed E-state index contributed by atoms with van der Waals surface area (Å²) < 4.78 is 0. The molecule has 1 aromatic rings. The molecule has 0 bridgehead atoms. The molecule has 0 aliphatic rings. The molecule has 0 unspecified atom stereocenters. The molecule has 6 nitrogen and oxygen atoms in total. The number of hydrazine groups is 1. The Morgan fingerprint density at radius 3 is 2.56 bits per heavy atom. The Morgan fingerprint density at radius 1 is 1.44 bits per heavy atom. The number of nitrogens with one attached hydrogen (secondary N) is 3. The summed E-state index contributed by atoms with van der Waals surface area (Å²) in [7, 11) is 0. The lowest BCUT2D eigenvalue weighted by molar-refractivity contribution is -0.384. The molecule has 18 heavy (non-hydrogen) atoms. The topological polar surface area (TPSA) is 79.2 Å². The van der Waals surface area contributed by atoms with Gasteiger partial charge in [-0.15, -0.1) is 0 Å². The highest BCUT2D eigenvalue weighted by molar-refractivity contribution is 7.80. The highest BCUT2D eigenvalue weighted by atomic mass is 32.1. The van der Waals surface area contributed by atoms with E-state index < -0.39 is 4.92 Å². The zero-order valence-corrected chi connectivity index (χ0v) is 10.7. The first-order valence-electron chi connectivity index (χ1n) is 5.17. The minimum atomic E-state index is -0.448. The molecule has 3 N–H and O–H groups in total. The van der Waals surface area contributed by atoms with Crippen molar-refractivity contribution in [3.63, 3.8) is 0 Å². The van der Waals surface area contributed by atoms with Crippen LogP contribution in [0.25, 0.3) is 0 Å². The predicted molar refractivity (Wildman–Crippen MR) is 75.3 cm³/mol. The summed E-state index contributed by atoms with van der Waals surface area (Å²) in [4.78, 5) is 10.0. The van der Waals surface area contributed by atoms with Gasteiger partial charge in [0.2, 0.25) is 0 Å². The van der Waals surface area contributed by atoms with Gasteiger partial charge in [-0.3, -0.25) is 21.0 Å². The number of hydrogen-bond acceptors (Lipinski definition) is 4. The number of nitro groups is 1. The van der Waals surface area contributed by atoms with Crippen LogP contribution in [0, 0.1) is 10.1 Å². The summed E-state index contributed by atoms with van der Waals surface area (Å²) in [6.45, 7) is 6.22. The van der Waals surface area contributed by atoms with E-state index in [0.717, 1.165) is 5.57 Å². The lowest BCUT2D eigenvalue weighted by Crippen LogP contribution is -2.39. The van der Waals surface area contributed by atoms with Gasteiger partial charge in [-0.05, 0) is 31.3 Å². The van der Waals surface area contributed by atoms with Crippen molar-refractivity contribution in [1.29, 1.82) is 0 Å². The second kappa shape index (κ2) is 6.55. The highest BCUT2D eigenvalue weighted by Crippen LogP contribution is 2.14. The number of rotatable bonds is 5. The number of hydrogen-bond donors (Lipinski definition) is 3. The summed E-state index contributed by atoms with van der Waals surface area (Å²) in [6, 6.07) is 6.00. The van der Waals surface area contributed by atoms with Crippen LogP contribution in [-0.4, -0.2) is 16.6 Å². The molecule has 0 aromatic heterocycles. The number of thiocarbonyl (C=S) groups is 1. The Kier molecular flexibility index (Phi) is 5.06. The maximum Gasteiger partial charge on any atom is 0.269 e. The van der Waals surface area contributed by atoms with Crippen molar-refractivity contribution in [3.05, 3.63) is 46.5 Å². The van der Waals surface area contributed by atoms with E-state index in [1.807, 2.05) is 6.92 Å². The van der Waals surface area contributed by atoms with Crippen molar-refractivity contribution in [2.45, 2.75) is 6.92 Å². The fraction of sp³-hybridized carbons (Fsp3) is 0.182. The number of benzene rings is 1. The second-order valence-corrected chi connectivity index (χ2v) is 4.10. The van der Waals surface area contributed by atoms with E-state index in [0.29, 0.717) is 17.3 Å². The van der Waals surface area contributed by atoms with Gasteiger partial charge in [0, 0.05) is 18.7 Å². The molecule has 0 radical (unpaired) electrons. The number of non-ortho nitro benzene ring substituents is 1. The molecule has 1 rings (SSSR count). The largest absolute Gasteiger partial charge is 0.358 e. The molecule has 0 aliphatic carbocycles. The van der Waals surface area contributed by atoms with Gasteiger partial charge in [-0.25, -0.2) is 0 Å². The zero-order valence-electron chi connectivity index (χ0n) is 9.90. The molecule has 0 heterocycles. The van der Waals surface area contributed by atoms with Crippen LogP contribution in [0.2, 0.25) is 0 Å². The Morgan fingerprint density at radius 2 is 2.06 bits per heavy atom. The smallest absolute Gasteiger partial charge is 0.269 e. The van der Waals surface area contributed by atoms with E-state index in [1.165, 1.54) is 12.1 Å². The zero-order chi connectivity index (χ0) is 13.5. The van der Waals surface area contributed by atoms with Crippen molar-refractivity contribution in [2.75, 3.05) is 12.0 Å². The Hall–Kier alpha value is -2.15. The van der Waals surface area contributed by atoms with Gasteiger partial charge in [0.25, 0.3) is 5.69 Å². The Balaban J connectivity index is 2.41. The molecule has 0 fully saturated rings. The lowest BCUT2D eigenvalue weighted by atomic mass is 10.3. The minimum Gasteiger partial charge on any atom is -0.358 e. The van der Waals surface area contributed by atoms with Gasteiger partial charge in [0.1, 0.15) is 0 Å². The fourth-order valence-corrected chi connectivity index (χ4v) is 1.19. The van der Waals surface area contributed by atoms with Gasteiger partial charge in [0.05, 0.1) is 10.6 Å². The van der Waals surface area contributed by atoms with Crippen LogP contribution < -0.4 is 16.2 Å². The summed E-state index contributed by atoms with van der Waals surface area (Å²) in [6.07, 6.45) is 0. The van der Waals surface area contributed by atoms with Gasteiger partial charge in [-0.2, -0.15) is 0 Å². The molecule has 0 saturated carbocycles. The van der Waals surface area contributed by atoms with E-state index in [4.69, 9.17) is 12.2 Å². The fourth-order valence-electron chi connectivity index (χ4n) is 1.07. The molecular weight excluding hydrogens is 252 g/mol. The van der Waals surface area contributed by atoms with E-state index in [9.17, 15) is 10.1 Å². The van der Waals surface area contributed by atoms with Crippen LogP contribution in [0.4, 0.5) is 11.4 Å². The summed E-state index contributed by atoms with van der Waals surface area (Å²) in [5.41, 5.74) is 7.28. The van der Waals surface area contributed by atoms with Crippen LogP contribution >= 0.6 is 12.2 Å². The molecule has 0 aliphatic heterocycles. The van der Waals surface area contributed by atoms with Crippen molar-refractivity contribution >= 4 is 28.7 Å². The number of nitrogens with zero attached hydrogens (tertiary/aromatic N) is 1. The third-order valence-electron chi connectivity index (χ3n) is 1.95. The molecule has 96 valence electrons. The number of nitro benzene ring substituents is 1. The molecule has 7 heteroatoms. The molecular formula is C11H14N4O2S. The predicted octanol–water partition coefficient (Wildman–Crippen LogP) is 1.96. The van der Waals surface area contributed by atoms with Crippen LogP contribution in [0.15, 0.2) is 36.4 Å². The first-order valence-corrected chi connectivity index (χ1v) is 5.58. The molecule has 0 amide bonds. The van der Waals surface area contributed by atoms with Crippen molar-refractivity contribution in [3.8, 4) is 0 Å². The maximum atomic E-state index is 10.5. The monoisotopic (exact) mass is 266 g/mol. The normalized spacial score (nSPS) is 9.39. The van der Waals surface area contributed by atoms with Crippen LogP contribution in [0.3, 0.4) is 0 Å². The van der Waals surface area contributed by atoms with E-state index in [2.05, 4.69) is 22.7 Å². The molecule has 0 spiro atoms. The second-order valence-electron chi connectivity index (χ2n) is 3.69. The van der Waals surface area contributed by atoms with E-state index >= 15 is 0 Å². The Labute approximate surface area is 110 Å². The Bertz CT molecular complexity index is 459. The average molecular weight is 266 g/mol. The minimum absolute atomic E-state index is 0.0449. The summed E-state index contributed by atoms with van der Waals surface area (Å²) in [5, 5.41) is 13.8. The lowest BCUT2D eigenvalue weighted by Gasteiger charge is -2.12. The van der Waals surface area contributed by atoms with Crippen LogP contribution in [0.1, 0.15) is 6.92 Å². The first kappa shape index (κ1) is 13.9. The summed E-state index contributed by atoms with van der Waals surface area (Å²) in [5.74, 6) is 0. The molecule has 1 aromatic carbocycles. The molecule has 0 saturated heterocycles. The van der Waals surface area contributed by atoms with Gasteiger partial charge >= 0.3 is 0 Å². The van der Waals surface area contributed by atoms with Crippen molar-refractivity contribution in [2.24, 2.45) is 0 Å². The van der Waals surface area contributed by atoms with Crippen LogP contribution in [0.5, 0.6) is 0 Å². The SMILES string of the molecule is C=C(C)CNC(=S)NNc1ccc([N+](=O)[O-])cc1. The summed E-state index contributed by atoms with van der Waals surface area (Å²) >= 11 is 5.00. The highest BCUT2D eigenvalue weighted by Gasteiger charge is 2.03. The van der Waals surface area contributed by atoms with Crippen molar-refractivity contribution < 1.29 is 4.92 Å². The van der Waals surface area contributed by atoms with E-state index in [-0.39, 0.29) is 5.69 Å². The van der Waals surface area contributed by atoms with Gasteiger partial charge in [0.15, 0.2) is 5.11 Å². The van der Waals surface area contributed by atoms with Crippen LogP contribution in [-0.2, 0) is 0 Å². The average Bonchev–Trinajstić information content (AvgIpc) is 2.34. The van der Waals surface area contributed by atoms with Gasteiger partial charge in [-0.1, -0.05) is 12.2 Å². The number of anilines is 1. The third-order valence-corrected chi connectivity index (χ3v) is 2.20. The standard InChI is InChI=1S/C11H14N4O2S/c1-8(2)7-12-11(18)14-13-9-3-5-10(6-4-9)15(16)17/h3-6,13H,1,7H2,2H3,(H2,12,14,18). The van der Waals surface area contributed by atoms with E-state index in [1.54, 1.807) is 12.1 Å². The third kappa shape index (κ3) is 4.79. The first-order chi connectivity index (χ1) is 8.49. The van der Waals surface area contributed by atoms with Gasteiger partial charge < -0.3 is 5.32 Å². The quantitative estimate of drug-likeness (QED) is 0.327. The van der Waals surface area contributed by atoms with Crippen molar-refractivity contribution in [1.82, 2.24) is 10.7 Å². The maximum absolute atomic E-state index is 10.5.